The number of nitrogens with zero attached hydrogens (tertiary/aromatic N) is 2. The van der Waals surface area contributed by atoms with E-state index >= 15 is 0 Å². The summed E-state index contributed by atoms with van der Waals surface area (Å²) in [5.74, 6) is -0.0543. The van der Waals surface area contributed by atoms with E-state index in [-0.39, 0.29) is 23.5 Å². The van der Waals surface area contributed by atoms with Gasteiger partial charge in [-0.3, -0.25) is 14.6 Å². The summed E-state index contributed by atoms with van der Waals surface area (Å²) in [6, 6.07) is 9.33. The van der Waals surface area contributed by atoms with Crippen molar-refractivity contribution in [2.45, 2.75) is 33.1 Å². The van der Waals surface area contributed by atoms with Gasteiger partial charge in [0.2, 0.25) is 5.91 Å². The zero-order valence-corrected chi connectivity index (χ0v) is 14.3. The predicted molar refractivity (Wildman–Crippen MR) is 94.3 cm³/mol. The molecule has 3 rings (SSSR count). The summed E-state index contributed by atoms with van der Waals surface area (Å²) >= 11 is 0. The molecule has 124 valence electrons. The minimum Gasteiger partial charge on any atom is -0.311 e. The van der Waals surface area contributed by atoms with E-state index in [4.69, 9.17) is 0 Å². The molecular weight excluding hydrogens is 300 g/mol. The van der Waals surface area contributed by atoms with Crippen molar-refractivity contribution in [3.8, 4) is 0 Å². The van der Waals surface area contributed by atoms with Gasteiger partial charge in [-0.25, -0.2) is 0 Å². The van der Waals surface area contributed by atoms with Gasteiger partial charge in [0.1, 0.15) is 0 Å². The van der Waals surface area contributed by atoms with Crippen LogP contribution in [0, 0.1) is 5.92 Å². The molecular formula is C20H22N2O2. The zero-order chi connectivity index (χ0) is 17.3. The summed E-state index contributed by atoms with van der Waals surface area (Å²) < 4.78 is 0. The van der Waals surface area contributed by atoms with E-state index in [1.54, 1.807) is 6.20 Å². The van der Waals surface area contributed by atoms with Crippen LogP contribution in [-0.2, 0) is 11.2 Å². The Morgan fingerprint density at radius 2 is 1.79 bits per heavy atom. The molecule has 2 aromatic rings. The molecule has 2 heterocycles. The molecule has 1 atom stereocenters. The van der Waals surface area contributed by atoms with Gasteiger partial charge in [-0.05, 0) is 30.5 Å². The molecule has 4 heteroatoms. The second kappa shape index (κ2) is 6.56. The molecule has 0 spiro atoms. The third kappa shape index (κ3) is 2.96. The lowest BCUT2D eigenvalue weighted by molar-refractivity contribution is -0.119. The van der Waals surface area contributed by atoms with Crippen LogP contribution in [0.1, 0.15) is 48.2 Å². The standard InChI is InChI=1S/C20H22N2O2/c1-13(2)19(23)16-6-4-15(5-7-16)14(3)20(24)22-11-9-17-12-21-10-8-18(17)22/h4-8,10,12-14H,9,11H2,1-3H3. The SMILES string of the molecule is CC(C)C(=O)c1ccc(C(C)C(=O)N2CCc3cnccc32)cc1. The molecule has 1 aromatic heterocycles. The highest BCUT2D eigenvalue weighted by atomic mass is 16.2. The molecule has 0 saturated heterocycles. The van der Waals surface area contributed by atoms with Crippen molar-refractivity contribution in [3.05, 3.63) is 59.4 Å². The second-order valence-corrected chi connectivity index (χ2v) is 6.61. The number of Topliss-reactive ketones (excluding diaryl/α,β-unsaturated/α-hetero) is 1. The van der Waals surface area contributed by atoms with Crippen LogP contribution in [0.15, 0.2) is 42.7 Å². The van der Waals surface area contributed by atoms with Crippen LogP contribution < -0.4 is 4.90 Å². The van der Waals surface area contributed by atoms with Gasteiger partial charge in [0.05, 0.1) is 5.92 Å². The van der Waals surface area contributed by atoms with Gasteiger partial charge in [0.15, 0.2) is 5.78 Å². The van der Waals surface area contributed by atoms with Crippen molar-refractivity contribution < 1.29 is 9.59 Å². The Balaban J connectivity index is 1.78. The molecule has 1 aromatic carbocycles. The molecule has 0 radical (unpaired) electrons. The normalized spacial score (nSPS) is 14.6. The number of amides is 1. The maximum absolute atomic E-state index is 12.9. The molecule has 24 heavy (non-hydrogen) atoms. The van der Waals surface area contributed by atoms with Crippen molar-refractivity contribution in [1.82, 2.24) is 4.98 Å². The average Bonchev–Trinajstić information content (AvgIpc) is 3.04. The van der Waals surface area contributed by atoms with Gasteiger partial charge >= 0.3 is 0 Å². The number of anilines is 1. The number of hydrogen-bond donors (Lipinski definition) is 0. The number of fused-ring (bicyclic) bond motifs is 1. The lowest BCUT2D eigenvalue weighted by Gasteiger charge is -2.22. The van der Waals surface area contributed by atoms with Crippen molar-refractivity contribution in [2.75, 3.05) is 11.4 Å². The van der Waals surface area contributed by atoms with Crippen LogP contribution in [0.3, 0.4) is 0 Å². The van der Waals surface area contributed by atoms with E-state index in [9.17, 15) is 9.59 Å². The maximum atomic E-state index is 12.9. The van der Waals surface area contributed by atoms with Gasteiger partial charge in [-0.15, -0.1) is 0 Å². The topological polar surface area (TPSA) is 50.3 Å². The number of carbonyl (C=O) groups excluding carboxylic acids is 2. The summed E-state index contributed by atoms with van der Waals surface area (Å²) in [5.41, 5.74) is 3.72. The average molecular weight is 322 g/mol. The third-order valence-corrected chi connectivity index (χ3v) is 4.63. The minimum absolute atomic E-state index is 0.0235. The maximum Gasteiger partial charge on any atom is 0.234 e. The summed E-state index contributed by atoms with van der Waals surface area (Å²) in [6.07, 6.45) is 4.41. The Morgan fingerprint density at radius 1 is 1.08 bits per heavy atom. The van der Waals surface area contributed by atoms with Gasteiger partial charge in [0.25, 0.3) is 0 Å². The molecule has 1 aliphatic rings. The number of pyridine rings is 1. The zero-order valence-electron chi connectivity index (χ0n) is 14.3. The van der Waals surface area contributed by atoms with E-state index < -0.39 is 0 Å². The van der Waals surface area contributed by atoms with Gasteiger partial charge in [-0.2, -0.15) is 0 Å². The van der Waals surface area contributed by atoms with Crippen molar-refractivity contribution >= 4 is 17.4 Å². The fourth-order valence-electron chi connectivity index (χ4n) is 3.10. The monoisotopic (exact) mass is 322 g/mol. The Labute approximate surface area is 142 Å². The van der Waals surface area contributed by atoms with Crippen molar-refractivity contribution in [1.29, 1.82) is 0 Å². The first kappa shape index (κ1) is 16.4. The fourth-order valence-corrected chi connectivity index (χ4v) is 3.10. The molecule has 0 aliphatic carbocycles. The van der Waals surface area contributed by atoms with Crippen LogP contribution in [-0.4, -0.2) is 23.2 Å². The van der Waals surface area contributed by atoms with Gasteiger partial charge in [-0.1, -0.05) is 38.1 Å². The van der Waals surface area contributed by atoms with Crippen molar-refractivity contribution in [3.63, 3.8) is 0 Å². The molecule has 0 N–H and O–H groups in total. The first-order valence-electron chi connectivity index (χ1n) is 8.37. The molecule has 1 unspecified atom stereocenters. The highest BCUT2D eigenvalue weighted by Gasteiger charge is 2.28. The molecule has 0 bridgehead atoms. The number of benzene rings is 1. The third-order valence-electron chi connectivity index (χ3n) is 4.63. The highest BCUT2D eigenvalue weighted by Crippen LogP contribution is 2.30. The van der Waals surface area contributed by atoms with Gasteiger partial charge in [0, 0.05) is 36.1 Å². The van der Waals surface area contributed by atoms with Crippen molar-refractivity contribution in [2.24, 2.45) is 5.92 Å². The molecule has 1 aliphatic heterocycles. The number of aromatic nitrogens is 1. The van der Waals surface area contributed by atoms with E-state index in [0.717, 1.165) is 23.2 Å². The lowest BCUT2D eigenvalue weighted by atomic mass is 9.95. The molecule has 1 amide bonds. The largest absolute Gasteiger partial charge is 0.311 e. The smallest absolute Gasteiger partial charge is 0.234 e. The first-order valence-corrected chi connectivity index (χ1v) is 8.37. The molecule has 0 saturated carbocycles. The summed E-state index contributed by atoms with van der Waals surface area (Å²) in [4.78, 5) is 30.9. The summed E-state index contributed by atoms with van der Waals surface area (Å²) in [7, 11) is 0. The minimum atomic E-state index is -0.243. The second-order valence-electron chi connectivity index (χ2n) is 6.61. The van der Waals surface area contributed by atoms with E-state index in [2.05, 4.69) is 4.98 Å². The lowest BCUT2D eigenvalue weighted by Crippen LogP contribution is -2.32. The van der Waals surface area contributed by atoms with Crippen LogP contribution in [0.25, 0.3) is 0 Å². The quantitative estimate of drug-likeness (QED) is 0.808. The van der Waals surface area contributed by atoms with E-state index in [0.29, 0.717) is 12.1 Å². The van der Waals surface area contributed by atoms with E-state index in [1.807, 2.05) is 62.2 Å². The first-order chi connectivity index (χ1) is 11.5. The van der Waals surface area contributed by atoms with Crippen LogP contribution in [0.2, 0.25) is 0 Å². The fraction of sp³-hybridized carbons (Fsp3) is 0.350. The van der Waals surface area contributed by atoms with Crippen LogP contribution in [0.4, 0.5) is 5.69 Å². The Hall–Kier alpha value is -2.49. The Kier molecular flexibility index (Phi) is 4.47. The highest BCUT2D eigenvalue weighted by molar-refractivity contribution is 6.00. The predicted octanol–water partition coefficient (Wildman–Crippen LogP) is 3.61. The molecule has 4 nitrogen and oxygen atoms in total. The summed E-state index contributed by atoms with van der Waals surface area (Å²) in [5, 5.41) is 0. The number of rotatable bonds is 4. The molecule has 0 fully saturated rings. The van der Waals surface area contributed by atoms with Gasteiger partial charge < -0.3 is 4.90 Å². The van der Waals surface area contributed by atoms with Crippen LogP contribution >= 0.6 is 0 Å². The van der Waals surface area contributed by atoms with E-state index in [1.165, 1.54) is 0 Å². The van der Waals surface area contributed by atoms with Crippen LogP contribution in [0.5, 0.6) is 0 Å². The number of carbonyl (C=O) groups is 2. The summed E-state index contributed by atoms with van der Waals surface area (Å²) in [6.45, 7) is 6.40. The number of ketones is 1. The number of hydrogen-bond acceptors (Lipinski definition) is 3. The Bertz CT molecular complexity index is 765. The Morgan fingerprint density at radius 3 is 2.46 bits per heavy atom.